The topological polar surface area (TPSA) is 82.1 Å². The molecule has 150 valence electrons. The van der Waals surface area contributed by atoms with Gasteiger partial charge in [-0.25, -0.2) is 13.2 Å². The third-order valence-corrected chi connectivity index (χ3v) is 6.09. The molecule has 0 unspecified atom stereocenters. The molecule has 0 aromatic heterocycles. The fraction of sp³-hybridized carbons (Fsp3) is 0.350. The molecule has 0 saturated carbocycles. The predicted octanol–water partition coefficient (Wildman–Crippen LogP) is 2.72. The van der Waals surface area contributed by atoms with E-state index >= 15 is 0 Å². The number of carbonyl (C=O) groups is 1. The molecule has 1 aliphatic rings. The number of carbonyl (C=O) groups excluding carboxylic acids is 1. The summed E-state index contributed by atoms with van der Waals surface area (Å²) in [6, 6.07) is 12.7. The molecule has 0 spiro atoms. The molecule has 2 aromatic rings. The van der Waals surface area contributed by atoms with Gasteiger partial charge in [0.15, 0.2) is 11.5 Å². The zero-order valence-corrected chi connectivity index (χ0v) is 16.5. The zero-order chi connectivity index (χ0) is 20.0. The van der Waals surface area contributed by atoms with E-state index in [1.807, 2.05) is 6.92 Å². The predicted molar refractivity (Wildman–Crippen MR) is 103 cm³/mol. The second-order valence-electron chi connectivity index (χ2n) is 6.23. The zero-order valence-electron chi connectivity index (χ0n) is 15.7. The lowest BCUT2D eigenvalue weighted by Crippen LogP contribution is -2.40. The summed E-state index contributed by atoms with van der Waals surface area (Å²) in [5.74, 6) is 0.115. The maximum atomic E-state index is 12.8. The van der Waals surface area contributed by atoms with E-state index in [-0.39, 0.29) is 10.5 Å². The Kier molecular flexibility index (Phi) is 6.66. The van der Waals surface area contributed by atoms with Crippen LogP contribution < -0.4 is 9.47 Å². The Morgan fingerprint density at radius 1 is 1.07 bits per heavy atom. The highest BCUT2D eigenvalue weighted by Crippen LogP contribution is 2.28. The summed E-state index contributed by atoms with van der Waals surface area (Å²) in [5, 5.41) is 0. The normalized spacial score (nSPS) is 15.2. The highest BCUT2D eigenvalue weighted by molar-refractivity contribution is 7.89. The second-order valence-corrected chi connectivity index (χ2v) is 8.17. The molecule has 0 amide bonds. The van der Waals surface area contributed by atoms with E-state index in [9.17, 15) is 13.2 Å². The minimum atomic E-state index is -3.69. The molecule has 0 radical (unpaired) electrons. The molecule has 0 aliphatic carbocycles. The summed E-state index contributed by atoms with van der Waals surface area (Å²) >= 11 is 0. The van der Waals surface area contributed by atoms with Crippen molar-refractivity contribution in [2.24, 2.45) is 0 Å². The number of hydrogen-bond donors (Lipinski definition) is 0. The van der Waals surface area contributed by atoms with Crippen molar-refractivity contribution in [3.63, 3.8) is 0 Å². The maximum absolute atomic E-state index is 12.8. The molecule has 8 heteroatoms. The van der Waals surface area contributed by atoms with Gasteiger partial charge in [0.25, 0.3) is 0 Å². The van der Waals surface area contributed by atoms with Gasteiger partial charge in [0, 0.05) is 13.1 Å². The lowest BCUT2D eigenvalue weighted by molar-refractivity contribution is 0.0724. The van der Waals surface area contributed by atoms with Gasteiger partial charge in [-0.15, -0.1) is 0 Å². The molecule has 7 nitrogen and oxygen atoms in total. The van der Waals surface area contributed by atoms with Gasteiger partial charge in [0.2, 0.25) is 10.0 Å². The fourth-order valence-corrected chi connectivity index (χ4v) is 4.20. The summed E-state index contributed by atoms with van der Waals surface area (Å²) in [6.45, 7) is 3.78. The van der Waals surface area contributed by atoms with Crippen molar-refractivity contribution in [1.29, 1.82) is 0 Å². The van der Waals surface area contributed by atoms with Crippen LogP contribution in [-0.4, -0.2) is 51.6 Å². The van der Waals surface area contributed by atoms with Crippen LogP contribution in [0.25, 0.3) is 0 Å². The van der Waals surface area contributed by atoms with Crippen molar-refractivity contribution in [3.8, 4) is 11.5 Å². The number of para-hydroxylation sites is 2. The lowest BCUT2D eigenvalue weighted by Gasteiger charge is -2.26. The molecule has 1 heterocycles. The van der Waals surface area contributed by atoms with Crippen molar-refractivity contribution in [2.45, 2.75) is 18.2 Å². The molecule has 0 bridgehead atoms. The van der Waals surface area contributed by atoms with Crippen LogP contribution in [0.5, 0.6) is 11.5 Å². The number of rotatable bonds is 7. The number of benzene rings is 2. The Labute approximate surface area is 164 Å². The number of morpholine rings is 1. The van der Waals surface area contributed by atoms with Gasteiger partial charge in [0.05, 0.1) is 30.3 Å². The van der Waals surface area contributed by atoms with E-state index in [0.717, 1.165) is 6.42 Å². The quantitative estimate of drug-likeness (QED) is 0.520. The maximum Gasteiger partial charge on any atom is 0.343 e. The monoisotopic (exact) mass is 405 g/mol. The van der Waals surface area contributed by atoms with Crippen molar-refractivity contribution in [2.75, 3.05) is 32.9 Å². The van der Waals surface area contributed by atoms with Crippen LogP contribution in [0.15, 0.2) is 53.4 Å². The Morgan fingerprint density at radius 3 is 2.50 bits per heavy atom. The molecular weight excluding hydrogens is 382 g/mol. The number of esters is 1. The molecular formula is C20H23NO6S. The minimum absolute atomic E-state index is 0.0550. The Bertz CT molecular complexity index is 922. The van der Waals surface area contributed by atoms with Crippen LogP contribution in [-0.2, 0) is 14.8 Å². The third kappa shape index (κ3) is 4.70. The van der Waals surface area contributed by atoms with Crippen molar-refractivity contribution >= 4 is 16.0 Å². The largest absolute Gasteiger partial charge is 0.490 e. The fourth-order valence-electron chi connectivity index (χ4n) is 2.74. The van der Waals surface area contributed by atoms with E-state index in [1.54, 1.807) is 24.3 Å². The standard InChI is InChI=1S/C20H23NO6S/c1-2-12-26-18-8-3-4-9-19(18)27-20(22)16-6-5-7-17(15-16)28(23,24)21-10-13-25-14-11-21/h3-9,15H,2,10-14H2,1H3. The summed E-state index contributed by atoms with van der Waals surface area (Å²) in [6.07, 6.45) is 0.823. The Balaban J connectivity index is 1.80. The van der Waals surface area contributed by atoms with Crippen LogP contribution in [0.3, 0.4) is 0 Å². The van der Waals surface area contributed by atoms with Crippen LogP contribution in [0.1, 0.15) is 23.7 Å². The van der Waals surface area contributed by atoms with Crippen molar-refractivity contribution in [3.05, 3.63) is 54.1 Å². The average Bonchev–Trinajstić information content (AvgIpc) is 2.74. The smallest absolute Gasteiger partial charge is 0.343 e. The van der Waals surface area contributed by atoms with E-state index in [1.165, 1.54) is 28.6 Å². The number of sulfonamides is 1. The van der Waals surface area contributed by atoms with Crippen LogP contribution in [0.4, 0.5) is 0 Å². The van der Waals surface area contributed by atoms with E-state index in [4.69, 9.17) is 14.2 Å². The lowest BCUT2D eigenvalue weighted by atomic mass is 10.2. The molecule has 1 fully saturated rings. The first kappa shape index (κ1) is 20.3. The van der Waals surface area contributed by atoms with E-state index in [2.05, 4.69) is 0 Å². The molecule has 1 saturated heterocycles. The van der Waals surface area contributed by atoms with Gasteiger partial charge >= 0.3 is 5.97 Å². The highest BCUT2D eigenvalue weighted by Gasteiger charge is 2.27. The molecule has 0 N–H and O–H groups in total. The summed E-state index contributed by atoms with van der Waals surface area (Å²) < 4.78 is 43.2. The first-order chi connectivity index (χ1) is 13.5. The number of hydrogen-bond acceptors (Lipinski definition) is 6. The Morgan fingerprint density at radius 2 is 1.79 bits per heavy atom. The summed E-state index contributed by atoms with van der Waals surface area (Å²) in [4.78, 5) is 12.6. The first-order valence-electron chi connectivity index (χ1n) is 9.14. The van der Waals surface area contributed by atoms with Crippen LogP contribution >= 0.6 is 0 Å². The van der Waals surface area contributed by atoms with Gasteiger partial charge in [0.1, 0.15) is 0 Å². The number of ether oxygens (including phenoxy) is 3. The molecule has 2 aromatic carbocycles. The van der Waals surface area contributed by atoms with Gasteiger partial charge in [-0.3, -0.25) is 0 Å². The van der Waals surface area contributed by atoms with Crippen molar-refractivity contribution < 1.29 is 27.4 Å². The van der Waals surface area contributed by atoms with E-state index < -0.39 is 16.0 Å². The number of nitrogens with zero attached hydrogens (tertiary/aromatic N) is 1. The van der Waals surface area contributed by atoms with Gasteiger partial charge in [-0.1, -0.05) is 25.1 Å². The second kappa shape index (κ2) is 9.18. The van der Waals surface area contributed by atoms with Gasteiger partial charge in [-0.2, -0.15) is 4.31 Å². The SMILES string of the molecule is CCCOc1ccccc1OC(=O)c1cccc(S(=O)(=O)N2CCOCC2)c1. The van der Waals surface area contributed by atoms with Crippen molar-refractivity contribution in [1.82, 2.24) is 4.31 Å². The van der Waals surface area contributed by atoms with Gasteiger partial charge < -0.3 is 14.2 Å². The first-order valence-corrected chi connectivity index (χ1v) is 10.6. The average molecular weight is 405 g/mol. The van der Waals surface area contributed by atoms with Gasteiger partial charge in [-0.05, 0) is 36.8 Å². The minimum Gasteiger partial charge on any atom is -0.490 e. The molecule has 1 aliphatic heterocycles. The molecule has 28 heavy (non-hydrogen) atoms. The highest BCUT2D eigenvalue weighted by atomic mass is 32.2. The Hall–Kier alpha value is -2.42. The third-order valence-electron chi connectivity index (χ3n) is 4.19. The van der Waals surface area contributed by atoms with Crippen LogP contribution in [0.2, 0.25) is 0 Å². The molecule has 0 atom stereocenters. The van der Waals surface area contributed by atoms with E-state index in [0.29, 0.717) is 44.4 Å². The molecule has 3 rings (SSSR count). The summed E-state index contributed by atoms with van der Waals surface area (Å²) in [5.41, 5.74) is 0.152. The van der Waals surface area contributed by atoms with Crippen LogP contribution in [0, 0.1) is 0 Å². The summed E-state index contributed by atoms with van der Waals surface area (Å²) in [7, 11) is -3.69.